The molecule has 2 N–H and O–H groups in total. The van der Waals surface area contributed by atoms with Gasteiger partial charge in [-0.2, -0.15) is 0 Å². The van der Waals surface area contributed by atoms with Crippen molar-refractivity contribution in [2.45, 2.75) is 52.0 Å². The van der Waals surface area contributed by atoms with Crippen LogP contribution < -0.4 is 5.73 Å². The maximum absolute atomic E-state index is 6.10. The Kier molecular flexibility index (Phi) is 3.40. The maximum Gasteiger partial charge on any atom is 0.0346 e. The minimum absolute atomic E-state index is 0.112. The van der Waals surface area contributed by atoms with Gasteiger partial charge >= 0.3 is 0 Å². The Balaban J connectivity index is 2.52. The van der Waals surface area contributed by atoms with Gasteiger partial charge in [-0.05, 0) is 48.3 Å². The molecule has 1 aromatic heterocycles. The van der Waals surface area contributed by atoms with Crippen LogP contribution in [0.4, 0.5) is 0 Å². The minimum Gasteiger partial charge on any atom is -0.325 e. The first kappa shape index (κ1) is 14.0. The van der Waals surface area contributed by atoms with Crippen molar-refractivity contribution in [1.29, 1.82) is 0 Å². The number of nitrogens with zero attached hydrogens (tertiary/aromatic N) is 1. The summed E-state index contributed by atoms with van der Waals surface area (Å²) < 4.78 is 0. The van der Waals surface area contributed by atoms with Crippen molar-refractivity contribution in [2.24, 2.45) is 5.73 Å². The highest BCUT2D eigenvalue weighted by Gasteiger charge is 2.18. The zero-order valence-corrected chi connectivity index (χ0v) is 12.6. The van der Waals surface area contributed by atoms with Crippen LogP contribution in [0.3, 0.4) is 0 Å². The molecule has 0 unspecified atom stereocenters. The van der Waals surface area contributed by atoms with Crippen molar-refractivity contribution in [3.63, 3.8) is 0 Å². The highest BCUT2D eigenvalue weighted by molar-refractivity contribution is 5.86. The van der Waals surface area contributed by atoms with Gasteiger partial charge in [-0.1, -0.05) is 32.9 Å². The molecule has 0 saturated carbocycles. The molecule has 0 saturated heterocycles. The van der Waals surface area contributed by atoms with Gasteiger partial charge in [0, 0.05) is 23.3 Å². The summed E-state index contributed by atoms with van der Waals surface area (Å²) >= 11 is 0. The Morgan fingerprint density at radius 1 is 1.05 bits per heavy atom. The molecule has 0 radical (unpaired) electrons. The second-order valence-corrected chi connectivity index (χ2v) is 7.16. The average Bonchev–Trinajstić information content (AvgIpc) is 2.24. The van der Waals surface area contributed by atoms with Gasteiger partial charge in [-0.3, -0.25) is 4.98 Å². The first-order chi connectivity index (χ1) is 8.67. The standard InChI is InChI=1S/C17H24N2/c1-16(2,3)15-11-19-10-13-8-12(6-7-14(13)15)9-17(4,5)18/h6-8,10-11H,9,18H2,1-5H3. The Morgan fingerprint density at radius 3 is 2.32 bits per heavy atom. The zero-order valence-electron chi connectivity index (χ0n) is 12.6. The number of pyridine rings is 1. The second-order valence-electron chi connectivity index (χ2n) is 7.16. The topological polar surface area (TPSA) is 38.9 Å². The Morgan fingerprint density at radius 2 is 1.74 bits per heavy atom. The van der Waals surface area contributed by atoms with Crippen molar-refractivity contribution in [1.82, 2.24) is 4.98 Å². The van der Waals surface area contributed by atoms with E-state index in [1.165, 1.54) is 21.9 Å². The summed E-state index contributed by atoms with van der Waals surface area (Å²) in [7, 11) is 0. The van der Waals surface area contributed by atoms with Gasteiger partial charge in [0.1, 0.15) is 0 Å². The first-order valence-electron chi connectivity index (χ1n) is 6.83. The smallest absolute Gasteiger partial charge is 0.0346 e. The summed E-state index contributed by atoms with van der Waals surface area (Å²) in [4.78, 5) is 4.39. The predicted octanol–water partition coefficient (Wildman–Crippen LogP) is 3.81. The normalized spacial score (nSPS) is 12.9. The second kappa shape index (κ2) is 4.61. The lowest BCUT2D eigenvalue weighted by Crippen LogP contribution is -2.34. The van der Waals surface area contributed by atoms with E-state index in [1.54, 1.807) is 0 Å². The fourth-order valence-electron chi connectivity index (χ4n) is 2.46. The van der Waals surface area contributed by atoms with Crippen molar-refractivity contribution in [2.75, 3.05) is 0 Å². The van der Waals surface area contributed by atoms with Gasteiger partial charge in [-0.25, -0.2) is 0 Å². The summed E-state index contributed by atoms with van der Waals surface area (Å²) in [5.74, 6) is 0. The molecule has 1 heterocycles. The van der Waals surface area contributed by atoms with E-state index in [1.807, 2.05) is 12.4 Å². The van der Waals surface area contributed by atoms with Crippen molar-refractivity contribution >= 4 is 10.8 Å². The SMILES string of the molecule is CC(C)(N)Cc1ccc2c(C(C)(C)C)cncc2c1. The summed E-state index contributed by atoms with van der Waals surface area (Å²) in [5, 5.41) is 2.50. The number of nitrogens with two attached hydrogens (primary N) is 1. The van der Waals surface area contributed by atoms with E-state index in [0.29, 0.717) is 0 Å². The largest absolute Gasteiger partial charge is 0.325 e. The third-order valence-electron chi connectivity index (χ3n) is 3.29. The van der Waals surface area contributed by atoms with E-state index in [9.17, 15) is 0 Å². The van der Waals surface area contributed by atoms with E-state index in [-0.39, 0.29) is 11.0 Å². The van der Waals surface area contributed by atoms with E-state index < -0.39 is 0 Å². The molecule has 2 rings (SSSR count). The molecule has 2 nitrogen and oxygen atoms in total. The van der Waals surface area contributed by atoms with Gasteiger partial charge in [0.15, 0.2) is 0 Å². The lowest BCUT2D eigenvalue weighted by atomic mass is 9.84. The molecule has 2 aromatic rings. The minimum atomic E-state index is -0.178. The van der Waals surface area contributed by atoms with Crippen molar-refractivity contribution in [3.05, 3.63) is 41.7 Å². The van der Waals surface area contributed by atoms with Crippen LogP contribution in [0, 0.1) is 0 Å². The number of aromatic nitrogens is 1. The third-order valence-corrected chi connectivity index (χ3v) is 3.29. The summed E-state index contributed by atoms with van der Waals surface area (Å²) in [6, 6.07) is 6.61. The molecule has 19 heavy (non-hydrogen) atoms. The Bertz CT molecular complexity index is 586. The van der Waals surface area contributed by atoms with Gasteiger partial charge in [0.2, 0.25) is 0 Å². The van der Waals surface area contributed by atoms with Crippen molar-refractivity contribution < 1.29 is 0 Å². The van der Waals surface area contributed by atoms with Crippen LogP contribution in [0.1, 0.15) is 45.7 Å². The van der Waals surface area contributed by atoms with Crippen LogP contribution >= 0.6 is 0 Å². The van der Waals surface area contributed by atoms with Crippen LogP contribution in [0.2, 0.25) is 0 Å². The number of rotatable bonds is 2. The number of benzene rings is 1. The number of fused-ring (bicyclic) bond motifs is 1. The molecule has 102 valence electrons. The summed E-state index contributed by atoms with van der Waals surface area (Å²) in [5.41, 5.74) is 8.60. The fraction of sp³-hybridized carbons (Fsp3) is 0.471. The molecule has 0 spiro atoms. The third kappa shape index (κ3) is 3.32. The quantitative estimate of drug-likeness (QED) is 0.887. The Labute approximate surface area is 116 Å². The molecule has 0 amide bonds. The average molecular weight is 256 g/mol. The zero-order chi connectivity index (χ0) is 14.3. The van der Waals surface area contributed by atoms with E-state index in [4.69, 9.17) is 5.73 Å². The van der Waals surface area contributed by atoms with Crippen LogP contribution in [0.15, 0.2) is 30.6 Å². The summed E-state index contributed by atoms with van der Waals surface area (Å²) in [6.07, 6.45) is 4.80. The molecule has 0 aliphatic rings. The molecular formula is C17H24N2. The lowest BCUT2D eigenvalue weighted by Gasteiger charge is -2.22. The monoisotopic (exact) mass is 256 g/mol. The molecule has 2 heteroatoms. The maximum atomic E-state index is 6.10. The molecule has 1 aromatic carbocycles. The van der Waals surface area contributed by atoms with Crippen LogP contribution in [0.5, 0.6) is 0 Å². The summed E-state index contributed by atoms with van der Waals surface area (Å²) in [6.45, 7) is 10.8. The first-order valence-corrected chi connectivity index (χ1v) is 6.83. The van der Waals surface area contributed by atoms with Gasteiger partial charge in [-0.15, -0.1) is 0 Å². The molecule has 0 atom stereocenters. The molecule has 0 aliphatic carbocycles. The number of hydrogen-bond acceptors (Lipinski definition) is 2. The van der Waals surface area contributed by atoms with Gasteiger partial charge < -0.3 is 5.73 Å². The van der Waals surface area contributed by atoms with Gasteiger partial charge in [0.25, 0.3) is 0 Å². The van der Waals surface area contributed by atoms with Crippen LogP contribution in [0.25, 0.3) is 10.8 Å². The highest BCUT2D eigenvalue weighted by Crippen LogP contribution is 2.29. The molecule has 0 aliphatic heterocycles. The van der Waals surface area contributed by atoms with Crippen LogP contribution in [-0.4, -0.2) is 10.5 Å². The van der Waals surface area contributed by atoms with E-state index in [2.05, 4.69) is 57.8 Å². The molecule has 0 fully saturated rings. The van der Waals surface area contributed by atoms with Crippen molar-refractivity contribution in [3.8, 4) is 0 Å². The highest BCUT2D eigenvalue weighted by atomic mass is 14.7. The Hall–Kier alpha value is -1.41. The van der Waals surface area contributed by atoms with E-state index >= 15 is 0 Å². The molecular weight excluding hydrogens is 232 g/mol. The van der Waals surface area contributed by atoms with Gasteiger partial charge in [0.05, 0.1) is 0 Å². The lowest BCUT2D eigenvalue weighted by molar-refractivity contribution is 0.517. The van der Waals surface area contributed by atoms with Crippen LogP contribution in [-0.2, 0) is 11.8 Å². The predicted molar refractivity (Wildman–Crippen MR) is 82.4 cm³/mol. The fourth-order valence-corrected chi connectivity index (χ4v) is 2.46. The molecule has 0 bridgehead atoms. The van der Waals surface area contributed by atoms with E-state index in [0.717, 1.165) is 6.42 Å². The number of hydrogen-bond donors (Lipinski definition) is 1.